The Morgan fingerprint density at radius 3 is 2.62 bits per heavy atom. The molecule has 0 heterocycles. The van der Waals surface area contributed by atoms with Gasteiger partial charge in [0.25, 0.3) is 0 Å². The summed E-state index contributed by atoms with van der Waals surface area (Å²) in [5.74, 6) is 0.708. The van der Waals surface area contributed by atoms with Gasteiger partial charge in [0.15, 0.2) is 5.78 Å². The molecule has 0 radical (unpaired) electrons. The zero-order valence-electron chi connectivity index (χ0n) is 14.0. The van der Waals surface area contributed by atoms with Crippen LogP contribution in [0.2, 0.25) is 5.02 Å². The quantitative estimate of drug-likeness (QED) is 0.383. The number of nitrogens with one attached hydrogen (secondary N) is 1. The second-order valence-corrected chi connectivity index (χ2v) is 5.96. The van der Waals surface area contributed by atoms with Crippen molar-refractivity contribution in [3.63, 3.8) is 0 Å². The molecule has 0 unspecified atom stereocenters. The Labute approximate surface area is 148 Å². The van der Waals surface area contributed by atoms with Crippen LogP contribution in [0.1, 0.15) is 35.7 Å². The molecule has 126 valence electrons. The summed E-state index contributed by atoms with van der Waals surface area (Å²) in [6.07, 6.45) is 5.21. The van der Waals surface area contributed by atoms with E-state index in [1.165, 1.54) is 6.08 Å². The molecule has 0 aliphatic carbocycles. The molecule has 2 aromatic rings. The van der Waals surface area contributed by atoms with Gasteiger partial charge in [-0.3, -0.25) is 4.79 Å². The van der Waals surface area contributed by atoms with E-state index >= 15 is 0 Å². The van der Waals surface area contributed by atoms with Gasteiger partial charge in [0.05, 0.1) is 17.3 Å². The molecule has 0 saturated carbocycles. The molecule has 0 atom stereocenters. The zero-order chi connectivity index (χ0) is 17.4. The van der Waals surface area contributed by atoms with Crippen LogP contribution in [0.25, 0.3) is 0 Å². The van der Waals surface area contributed by atoms with Crippen molar-refractivity contribution in [1.29, 1.82) is 0 Å². The fourth-order valence-corrected chi connectivity index (χ4v) is 2.38. The molecule has 24 heavy (non-hydrogen) atoms. The number of rotatable bonds is 8. The molecule has 1 N–H and O–H groups in total. The molecule has 3 nitrogen and oxygen atoms in total. The molecule has 2 aromatic carbocycles. The Morgan fingerprint density at radius 1 is 1.21 bits per heavy atom. The first kappa shape index (κ1) is 18.1. The number of ketones is 1. The number of ether oxygens (including phenoxy) is 1. The smallest absolute Gasteiger partial charge is 0.187 e. The van der Waals surface area contributed by atoms with Gasteiger partial charge < -0.3 is 10.1 Å². The summed E-state index contributed by atoms with van der Waals surface area (Å²) in [5, 5.41) is 3.65. The lowest BCUT2D eigenvalue weighted by molar-refractivity contribution is 0.104. The average Bonchev–Trinajstić information content (AvgIpc) is 2.57. The van der Waals surface area contributed by atoms with Crippen molar-refractivity contribution >= 4 is 23.1 Å². The van der Waals surface area contributed by atoms with Gasteiger partial charge in [-0.05, 0) is 55.3 Å². The van der Waals surface area contributed by atoms with Gasteiger partial charge in [-0.2, -0.15) is 0 Å². The highest BCUT2D eigenvalue weighted by atomic mass is 35.5. The number of unbranched alkanes of at least 4 members (excludes halogenated alkanes) is 1. The van der Waals surface area contributed by atoms with E-state index in [4.69, 9.17) is 16.3 Å². The molecule has 0 aliphatic rings. The lowest BCUT2D eigenvalue weighted by Gasteiger charge is -2.06. The van der Waals surface area contributed by atoms with Crippen LogP contribution in [-0.2, 0) is 0 Å². The van der Waals surface area contributed by atoms with E-state index in [9.17, 15) is 4.79 Å². The summed E-state index contributed by atoms with van der Waals surface area (Å²) in [5.41, 5.74) is 2.48. The predicted octanol–water partition coefficient (Wildman–Crippen LogP) is 5.64. The standard InChI is InChI=1S/C20H22ClNO2/c1-3-4-13-24-17-8-6-16(7-9-17)20(23)11-12-22-19-10-5-15(2)14-18(19)21/h5-12,14,22H,3-4,13H2,1-2H3/b12-11+. The molecule has 0 fully saturated rings. The van der Waals surface area contributed by atoms with E-state index in [1.807, 2.05) is 37.3 Å². The third kappa shape index (κ3) is 5.43. The van der Waals surface area contributed by atoms with Crippen LogP contribution in [0, 0.1) is 6.92 Å². The maximum absolute atomic E-state index is 12.1. The van der Waals surface area contributed by atoms with E-state index in [0.717, 1.165) is 29.8 Å². The number of allylic oxidation sites excluding steroid dienone is 1. The molecular weight excluding hydrogens is 322 g/mol. The third-order valence-electron chi connectivity index (χ3n) is 3.50. The number of hydrogen-bond donors (Lipinski definition) is 1. The minimum absolute atomic E-state index is 0.0779. The van der Waals surface area contributed by atoms with E-state index in [0.29, 0.717) is 17.2 Å². The molecule has 0 amide bonds. The number of hydrogen-bond acceptors (Lipinski definition) is 3. The molecule has 0 saturated heterocycles. The van der Waals surface area contributed by atoms with Crippen LogP contribution in [0.4, 0.5) is 5.69 Å². The van der Waals surface area contributed by atoms with Gasteiger partial charge in [-0.1, -0.05) is 31.0 Å². The Bertz CT molecular complexity index is 708. The number of carbonyl (C=O) groups is 1. The first-order valence-electron chi connectivity index (χ1n) is 8.06. The second kappa shape index (κ2) is 9.14. The maximum atomic E-state index is 12.1. The van der Waals surface area contributed by atoms with Gasteiger partial charge in [0.1, 0.15) is 5.75 Å². The van der Waals surface area contributed by atoms with E-state index in [2.05, 4.69) is 12.2 Å². The number of carbonyl (C=O) groups excluding carboxylic acids is 1. The average molecular weight is 344 g/mol. The molecule has 0 aromatic heterocycles. The van der Waals surface area contributed by atoms with Crippen molar-refractivity contribution in [1.82, 2.24) is 0 Å². The van der Waals surface area contributed by atoms with Crippen molar-refractivity contribution in [2.75, 3.05) is 11.9 Å². The van der Waals surface area contributed by atoms with Crippen LogP contribution < -0.4 is 10.1 Å². The van der Waals surface area contributed by atoms with Gasteiger partial charge in [0, 0.05) is 17.8 Å². The fraction of sp³-hybridized carbons (Fsp3) is 0.250. The zero-order valence-corrected chi connectivity index (χ0v) is 14.8. The van der Waals surface area contributed by atoms with Crippen LogP contribution >= 0.6 is 11.6 Å². The first-order chi connectivity index (χ1) is 11.6. The van der Waals surface area contributed by atoms with Crippen LogP contribution in [0.3, 0.4) is 0 Å². The molecule has 4 heteroatoms. The van der Waals surface area contributed by atoms with Crippen molar-refractivity contribution < 1.29 is 9.53 Å². The number of anilines is 1. The maximum Gasteiger partial charge on any atom is 0.187 e. The number of aryl methyl sites for hydroxylation is 1. The summed E-state index contributed by atoms with van der Waals surface area (Å²) in [6, 6.07) is 12.9. The predicted molar refractivity (Wildman–Crippen MR) is 100 cm³/mol. The number of halogens is 1. The lowest BCUT2D eigenvalue weighted by atomic mass is 10.1. The first-order valence-corrected chi connectivity index (χ1v) is 8.44. The summed E-state index contributed by atoms with van der Waals surface area (Å²) in [6.45, 7) is 4.80. The minimum atomic E-state index is -0.0779. The van der Waals surface area contributed by atoms with Crippen LogP contribution in [-0.4, -0.2) is 12.4 Å². The summed E-state index contributed by atoms with van der Waals surface area (Å²) >= 11 is 6.14. The summed E-state index contributed by atoms with van der Waals surface area (Å²) < 4.78 is 5.59. The van der Waals surface area contributed by atoms with E-state index < -0.39 is 0 Å². The Kier molecular flexibility index (Phi) is 6.89. The SMILES string of the molecule is CCCCOc1ccc(C(=O)/C=C/Nc2ccc(C)cc2Cl)cc1. The largest absolute Gasteiger partial charge is 0.494 e. The molecule has 0 aliphatic heterocycles. The van der Waals surface area contributed by atoms with Crippen molar-refractivity contribution in [3.8, 4) is 5.75 Å². The van der Waals surface area contributed by atoms with Crippen molar-refractivity contribution in [3.05, 3.63) is 70.9 Å². The molecular formula is C20H22ClNO2. The third-order valence-corrected chi connectivity index (χ3v) is 3.82. The normalized spacial score (nSPS) is 10.8. The fourth-order valence-electron chi connectivity index (χ4n) is 2.09. The van der Waals surface area contributed by atoms with E-state index in [-0.39, 0.29) is 5.78 Å². The minimum Gasteiger partial charge on any atom is -0.494 e. The van der Waals surface area contributed by atoms with Crippen molar-refractivity contribution in [2.24, 2.45) is 0 Å². The van der Waals surface area contributed by atoms with Crippen LogP contribution in [0.15, 0.2) is 54.7 Å². The van der Waals surface area contributed by atoms with Gasteiger partial charge in [-0.25, -0.2) is 0 Å². The second-order valence-electron chi connectivity index (χ2n) is 5.55. The monoisotopic (exact) mass is 343 g/mol. The highest BCUT2D eigenvalue weighted by Crippen LogP contribution is 2.22. The molecule has 0 spiro atoms. The number of benzene rings is 2. The van der Waals surface area contributed by atoms with E-state index in [1.54, 1.807) is 18.3 Å². The topological polar surface area (TPSA) is 38.3 Å². The Hall–Kier alpha value is -2.26. The summed E-state index contributed by atoms with van der Waals surface area (Å²) in [7, 11) is 0. The lowest BCUT2D eigenvalue weighted by Crippen LogP contribution is -1.99. The van der Waals surface area contributed by atoms with Gasteiger partial charge in [-0.15, -0.1) is 0 Å². The summed E-state index contributed by atoms with van der Waals surface area (Å²) in [4.78, 5) is 12.1. The molecule has 2 rings (SSSR count). The van der Waals surface area contributed by atoms with Crippen LogP contribution in [0.5, 0.6) is 5.75 Å². The van der Waals surface area contributed by atoms with Gasteiger partial charge in [0.2, 0.25) is 0 Å². The Morgan fingerprint density at radius 2 is 1.96 bits per heavy atom. The highest BCUT2D eigenvalue weighted by molar-refractivity contribution is 6.33. The van der Waals surface area contributed by atoms with Crippen molar-refractivity contribution in [2.45, 2.75) is 26.7 Å². The Balaban J connectivity index is 1.91. The highest BCUT2D eigenvalue weighted by Gasteiger charge is 2.03. The molecule has 0 bridgehead atoms. The van der Waals surface area contributed by atoms with Gasteiger partial charge >= 0.3 is 0 Å².